The molecule has 0 spiro atoms. The number of aliphatic hydroxyl groups is 1. The minimum absolute atomic E-state index is 0.267. The van der Waals surface area contributed by atoms with Crippen LogP contribution < -0.4 is 0 Å². The van der Waals surface area contributed by atoms with Gasteiger partial charge in [0.2, 0.25) is 0 Å². The zero-order valence-electron chi connectivity index (χ0n) is 12.5. The zero-order chi connectivity index (χ0) is 15.1. The summed E-state index contributed by atoms with van der Waals surface area (Å²) in [7, 11) is 0. The van der Waals surface area contributed by atoms with E-state index in [1.165, 1.54) is 31.4 Å². The molecule has 1 heterocycles. The van der Waals surface area contributed by atoms with Crippen LogP contribution in [0.5, 0.6) is 0 Å². The summed E-state index contributed by atoms with van der Waals surface area (Å²) in [6.07, 6.45) is 7.73. The summed E-state index contributed by atoms with van der Waals surface area (Å²) in [6, 6.07) is 6.22. The van der Waals surface area contributed by atoms with Crippen LogP contribution in [0.2, 0.25) is 0 Å². The van der Waals surface area contributed by atoms with Gasteiger partial charge in [0.25, 0.3) is 0 Å². The van der Waals surface area contributed by atoms with Crippen molar-refractivity contribution < 1.29 is 9.50 Å². The van der Waals surface area contributed by atoms with Crippen molar-refractivity contribution in [3.63, 3.8) is 0 Å². The predicted octanol–water partition coefficient (Wildman–Crippen LogP) is 4.61. The van der Waals surface area contributed by atoms with Crippen LogP contribution in [0.3, 0.4) is 0 Å². The summed E-state index contributed by atoms with van der Waals surface area (Å²) in [5.74, 6) is -0.267. The van der Waals surface area contributed by atoms with Crippen molar-refractivity contribution >= 4 is 0 Å². The van der Waals surface area contributed by atoms with Gasteiger partial charge in [-0.15, -0.1) is 0 Å². The number of unbranched alkanes of at least 4 members (excludes halogenated alkanes) is 4. The fourth-order valence-corrected chi connectivity index (χ4v) is 2.49. The van der Waals surface area contributed by atoms with Crippen molar-refractivity contribution in [2.24, 2.45) is 0 Å². The Bertz CT molecular complexity index is 536. The van der Waals surface area contributed by atoms with Gasteiger partial charge >= 0.3 is 0 Å². The van der Waals surface area contributed by atoms with E-state index >= 15 is 0 Å². The highest BCUT2D eigenvalue weighted by Gasteiger charge is 2.15. The molecule has 4 heteroatoms. The number of halogens is 1. The maximum Gasteiger partial charge on any atom is 0.123 e. The quantitative estimate of drug-likeness (QED) is 0.697. The summed E-state index contributed by atoms with van der Waals surface area (Å²) in [5.41, 5.74) is 2.40. The Morgan fingerprint density at radius 1 is 1.14 bits per heavy atom. The molecule has 0 fully saturated rings. The summed E-state index contributed by atoms with van der Waals surface area (Å²) in [4.78, 5) is 0. The molecule has 1 atom stereocenters. The number of rotatable bonds is 8. The second-order valence-corrected chi connectivity index (χ2v) is 5.43. The van der Waals surface area contributed by atoms with Crippen LogP contribution in [0.15, 0.2) is 30.5 Å². The molecule has 1 aromatic carbocycles. The molecule has 0 aliphatic carbocycles. The van der Waals surface area contributed by atoms with Crippen LogP contribution in [-0.2, 0) is 0 Å². The van der Waals surface area contributed by atoms with E-state index in [9.17, 15) is 9.50 Å². The Kier molecular flexibility index (Phi) is 5.93. The first-order valence-corrected chi connectivity index (χ1v) is 7.69. The second-order valence-electron chi connectivity index (χ2n) is 5.43. The van der Waals surface area contributed by atoms with Crippen LogP contribution in [0.4, 0.5) is 4.39 Å². The van der Waals surface area contributed by atoms with Crippen molar-refractivity contribution in [1.29, 1.82) is 0 Å². The van der Waals surface area contributed by atoms with Gasteiger partial charge in [0.1, 0.15) is 5.82 Å². The number of hydrogen-bond donors (Lipinski definition) is 2. The lowest BCUT2D eigenvalue weighted by molar-refractivity contribution is 0.164. The van der Waals surface area contributed by atoms with E-state index in [0.717, 1.165) is 36.1 Å². The molecule has 0 aliphatic rings. The summed E-state index contributed by atoms with van der Waals surface area (Å²) in [5, 5.41) is 17.3. The third kappa shape index (κ3) is 4.39. The normalized spacial score (nSPS) is 12.5. The van der Waals surface area contributed by atoms with E-state index in [0.29, 0.717) is 0 Å². The first-order valence-electron chi connectivity index (χ1n) is 7.69. The predicted molar refractivity (Wildman–Crippen MR) is 82.3 cm³/mol. The molecule has 2 N–H and O–H groups in total. The van der Waals surface area contributed by atoms with E-state index in [1.54, 1.807) is 18.3 Å². The van der Waals surface area contributed by atoms with E-state index < -0.39 is 6.10 Å². The lowest BCUT2D eigenvalue weighted by Crippen LogP contribution is -1.98. The minimum Gasteiger partial charge on any atom is -0.388 e. The van der Waals surface area contributed by atoms with Crippen molar-refractivity contribution in [1.82, 2.24) is 10.2 Å². The topological polar surface area (TPSA) is 48.9 Å². The van der Waals surface area contributed by atoms with Gasteiger partial charge in [-0.3, -0.25) is 5.10 Å². The van der Waals surface area contributed by atoms with E-state index in [1.807, 2.05) is 0 Å². The molecule has 0 radical (unpaired) electrons. The molecule has 0 amide bonds. The Hall–Kier alpha value is -1.68. The molecule has 2 rings (SSSR count). The molecule has 114 valence electrons. The lowest BCUT2D eigenvalue weighted by Gasteiger charge is -2.11. The fourth-order valence-electron chi connectivity index (χ4n) is 2.49. The molecule has 1 aromatic heterocycles. The number of nitrogens with one attached hydrogen (secondary N) is 1. The maximum absolute atomic E-state index is 13.0. The van der Waals surface area contributed by atoms with Gasteiger partial charge in [0, 0.05) is 11.1 Å². The monoisotopic (exact) mass is 290 g/mol. The van der Waals surface area contributed by atoms with Gasteiger partial charge in [-0.2, -0.15) is 5.10 Å². The Morgan fingerprint density at radius 3 is 2.57 bits per heavy atom. The van der Waals surface area contributed by atoms with Crippen LogP contribution in [-0.4, -0.2) is 15.3 Å². The SMILES string of the molecule is CCCCCCCC(O)c1cn[nH]c1-c1ccc(F)cc1. The lowest BCUT2D eigenvalue weighted by atomic mass is 9.99. The summed E-state index contributed by atoms with van der Waals surface area (Å²) in [6.45, 7) is 2.19. The molecule has 0 saturated heterocycles. The smallest absolute Gasteiger partial charge is 0.123 e. The third-order valence-corrected chi connectivity index (χ3v) is 3.74. The Morgan fingerprint density at radius 2 is 1.86 bits per heavy atom. The first kappa shape index (κ1) is 15.7. The summed E-state index contributed by atoms with van der Waals surface area (Å²) < 4.78 is 13.0. The first-order chi connectivity index (χ1) is 10.2. The van der Waals surface area contributed by atoms with Gasteiger partial charge < -0.3 is 5.11 Å². The number of aromatic amines is 1. The maximum atomic E-state index is 13.0. The third-order valence-electron chi connectivity index (χ3n) is 3.74. The van der Waals surface area contributed by atoms with Crippen molar-refractivity contribution in [3.05, 3.63) is 41.8 Å². The van der Waals surface area contributed by atoms with Gasteiger partial charge in [-0.25, -0.2) is 4.39 Å². The van der Waals surface area contributed by atoms with Crippen molar-refractivity contribution in [2.75, 3.05) is 0 Å². The van der Waals surface area contributed by atoms with Gasteiger partial charge in [-0.1, -0.05) is 39.0 Å². The van der Waals surface area contributed by atoms with Crippen LogP contribution >= 0.6 is 0 Å². The van der Waals surface area contributed by atoms with Crippen LogP contribution in [0.25, 0.3) is 11.3 Å². The Labute approximate surface area is 125 Å². The zero-order valence-corrected chi connectivity index (χ0v) is 12.5. The number of nitrogens with zero attached hydrogens (tertiary/aromatic N) is 1. The van der Waals surface area contributed by atoms with Crippen LogP contribution in [0, 0.1) is 5.82 Å². The number of aliphatic hydroxyl groups excluding tert-OH is 1. The highest BCUT2D eigenvalue weighted by molar-refractivity contribution is 5.62. The number of aromatic nitrogens is 2. The van der Waals surface area contributed by atoms with E-state index in [-0.39, 0.29) is 5.82 Å². The van der Waals surface area contributed by atoms with Gasteiger partial charge in [0.15, 0.2) is 0 Å². The average Bonchev–Trinajstić information content (AvgIpc) is 2.97. The standard InChI is InChI=1S/C17H23FN2O/c1-2-3-4-5-6-7-16(21)15-12-19-20-17(15)13-8-10-14(18)11-9-13/h8-12,16,21H,2-7H2,1H3,(H,19,20). The number of H-pyrrole nitrogens is 1. The molecule has 1 unspecified atom stereocenters. The van der Waals surface area contributed by atoms with Crippen molar-refractivity contribution in [2.45, 2.75) is 51.6 Å². The molecule has 0 bridgehead atoms. The minimum atomic E-state index is -0.523. The van der Waals surface area contributed by atoms with Gasteiger partial charge in [-0.05, 0) is 30.7 Å². The number of benzene rings is 1. The van der Waals surface area contributed by atoms with E-state index in [4.69, 9.17) is 0 Å². The second kappa shape index (κ2) is 7.93. The largest absolute Gasteiger partial charge is 0.388 e. The molecule has 2 aromatic rings. The molecule has 3 nitrogen and oxygen atoms in total. The van der Waals surface area contributed by atoms with Gasteiger partial charge in [0.05, 0.1) is 18.0 Å². The average molecular weight is 290 g/mol. The molecule has 0 saturated carbocycles. The van der Waals surface area contributed by atoms with Crippen molar-refractivity contribution in [3.8, 4) is 11.3 Å². The molecule has 21 heavy (non-hydrogen) atoms. The molecule has 0 aliphatic heterocycles. The fraction of sp³-hybridized carbons (Fsp3) is 0.471. The summed E-state index contributed by atoms with van der Waals surface area (Å²) >= 11 is 0. The molecular formula is C17H23FN2O. The highest BCUT2D eigenvalue weighted by Crippen LogP contribution is 2.29. The Balaban J connectivity index is 1.97. The van der Waals surface area contributed by atoms with E-state index in [2.05, 4.69) is 17.1 Å². The number of hydrogen-bond acceptors (Lipinski definition) is 2. The molecular weight excluding hydrogens is 267 g/mol. The van der Waals surface area contributed by atoms with Crippen LogP contribution in [0.1, 0.15) is 57.1 Å². The highest BCUT2D eigenvalue weighted by atomic mass is 19.1.